The fraction of sp³-hybridized carbons (Fsp3) is 0.143. The van der Waals surface area contributed by atoms with Crippen LogP contribution in [0.25, 0.3) is 10.9 Å². The van der Waals surface area contributed by atoms with E-state index in [0.717, 1.165) is 10.9 Å². The Morgan fingerprint density at radius 3 is 2.53 bits per heavy atom. The van der Waals surface area contributed by atoms with Crippen LogP contribution >= 0.6 is 0 Å². The highest BCUT2D eigenvalue weighted by atomic mass is 16.2. The SMILES string of the molecule is CN(C)c1c(Nn2ccc3ccccc32)c(=O)c1=O. The number of rotatable bonds is 3. The molecular formula is C14H13N3O2. The van der Waals surface area contributed by atoms with Gasteiger partial charge in [-0.2, -0.15) is 0 Å². The van der Waals surface area contributed by atoms with Gasteiger partial charge in [-0.3, -0.25) is 19.7 Å². The van der Waals surface area contributed by atoms with Crippen molar-refractivity contribution in [1.29, 1.82) is 0 Å². The summed E-state index contributed by atoms with van der Waals surface area (Å²) in [5, 5.41) is 1.07. The molecule has 3 aromatic rings. The van der Waals surface area contributed by atoms with Crippen LogP contribution in [0.4, 0.5) is 11.4 Å². The highest BCUT2D eigenvalue weighted by Gasteiger charge is 2.22. The molecule has 0 fully saturated rings. The molecule has 5 nitrogen and oxygen atoms in total. The van der Waals surface area contributed by atoms with Crippen LogP contribution in [0.2, 0.25) is 0 Å². The quantitative estimate of drug-likeness (QED) is 0.714. The maximum atomic E-state index is 11.6. The molecule has 0 bridgehead atoms. The predicted molar refractivity (Wildman–Crippen MR) is 76.6 cm³/mol. The molecule has 0 spiro atoms. The van der Waals surface area contributed by atoms with Gasteiger partial charge in [0.05, 0.1) is 5.52 Å². The first-order valence-electron chi connectivity index (χ1n) is 5.93. The number of nitrogens with one attached hydrogen (secondary N) is 1. The molecule has 3 rings (SSSR count). The summed E-state index contributed by atoms with van der Waals surface area (Å²) in [6, 6.07) is 9.76. The Morgan fingerprint density at radius 1 is 1.05 bits per heavy atom. The number of nitrogens with zero attached hydrogens (tertiary/aromatic N) is 2. The third kappa shape index (κ3) is 1.62. The van der Waals surface area contributed by atoms with E-state index in [9.17, 15) is 9.59 Å². The van der Waals surface area contributed by atoms with E-state index in [4.69, 9.17) is 0 Å². The van der Waals surface area contributed by atoms with Crippen LogP contribution in [-0.2, 0) is 0 Å². The summed E-state index contributed by atoms with van der Waals surface area (Å²) in [6.45, 7) is 0. The molecule has 96 valence electrons. The minimum absolute atomic E-state index is 0.344. The lowest BCUT2D eigenvalue weighted by atomic mass is 10.2. The zero-order valence-corrected chi connectivity index (χ0v) is 10.7. The van der Waals surface area contributed by atoms with Crippen LogP contribution in [0.15, 0.2) is 46.1 Å². The molecule has 0 saturated heterocycles. The van der Waals surface area contributed by atoms with Crippen LogP contribution in [0.1, 0.15) is 0 Å². The topological polar surface area (TPSA) is 54.3 Å². The Bertz CT molecular complexity index is 823. The van der Waals surface area contributed by atoms with Crippen LogP contribution in [-0.4, -0.2) is 18.8 Å². The van der Waals surface area contributed by atoms with Crippen molar-refractivity contribution >= 4 is 22.3 Å². The van der Waals surface area contributed by atoms with Gasteiger partial charge in [0.15, 0.2) is 0 Å². The number of anilines is 2. The highest BCUT2D eigenvalue weighted by molar-refractivity contribution is 5.82. The molecule has 0 radical (unpaired) electrons. The summed E-state index contributed by atoms with van der Waals surface area (Å²) < 4.78 is 1.75. The second-order valence-electron chi connectivity index (χ2n) is 4.63. The van der Waals surface area contributed by atoms with E-state index in [-0.39, 0.29) is 0 Å². The summed E-state index contributed by atoms with van der Waals surface area (Å²) in [7, 11) is 3.49. The molecule has 19 heavy (non-hydrogen) atoms. The van der Waals surface area contributed by atoms with Gasteiger partial charge in [-0.05, 0) is 12.1 Å². The normalized spacial score (nSPS) is 11.1. The van der Waals surface area contributed by atoms with Crippen LogP contribution in [0.3, 0.4) is 0 Å². The Balaban J connectivity index is 2.05. The number of hydrogen-bond donors (Lipinski definition) is 1. The van der Waals surface area contributed by atoms with Gasteiger partial charge < -0.3 is 4.90 Å². The number of benzene rings is 1. The summed E-state index contributed by atoms with van der Waals surface area (Å²) in [4.78, 5) is 24.8. The van der Waals surface area contributed by atoms with E-state index < -0.39 is 10.9 Å². The van der Waals surface area contributed by atoms with Gasteiger partial charge in [0.1, 0.15) is 11.4 Å². The summed E-state index contributed by atoms with van der Waals surface area (Å²) >= 11 is 0. The molecule has 1 heterocycles. The van der Waals surface area contributed by atoms with Crippen LogP contribution in [0, 0.1) is 0 Å². The van der Waals surface area contributed by atoms with Crippen molar-refractivity contribution in [1.82, 2.24) is 4.68 Å². The number of para-hydroxylation sites is 1. The van der Waals surface area contributed by atoms with Gasteiger partial charge in [0.25, 0.3) is 10.9 Å². The number of hydrogen-bond acceptors (Lipinski definition) is 4. The van der Waals surface area contributed by atoms with E-state index in [1.807, 2.05) is 36.5 Å². The summed E-state index contributed by atoms with van der Waals surface area (Å²) in [5.74, 6) is 0. The second-order valence-corrected chi connectivity index (χ2v) is 4.63. The minimum Gasteiger partial charge on any atom is -0.373 e. The molecule has 0 atom stereocenters. The molecule has 1 N–H and O–H groups in total. The molecule has 0 aliphatic heterocycles. The molecule has 5 heteroatoms. The van der Waals surface area contributed by atoms with Gasteiger partial charge in [-0.15, -0.1) is 0 Å². The molecule has 0 amide bonds. The molecule has 1 aromatic heterocycles. The fourth-order valence-electron chi connectivity index (χ4n) is 2.21. The zero-order valence-electron chi connectivity index (χ0n) is 10.7. The van der Waals surface area contributed by atoms with Gasteiger partial charge in [0.2, 0.25) is 0 Å². The van der Waals surface area contributed by atoms with Crippen molar-refractivity contribution in [3.8, 4) is 0 Å². The average molecular weight is 255 g/mol. The van der Waals surface area contributed by atoms with Crippen molar-refractivity contribution in [3.05, 3.63) is 57.0 Å². The third-order valence-electron chi connectivity index (χ3n) is 3.16. The first kappa shape index (κ1) is 11.5. The molecule has 0 aliphatic carbocycles. The van der Waals surface area contributed by atoms with Crippen molar-refractivity contribution < 1.29 is 0 Å². The lowest BCUT2D eigenvalue weighted by Gasteiger charge is -2.19. The van der Waals surface area contributed by atoms with E-state index in [1.165, 1.54) is 0 Å². The van der Waals surface area contributed by atoms with Crippen molar-refractivity contribution in [2.45, 2.75) is 0 Å². The van der Waals surface area contributed by atoms with Crippen molar-refractivity contribution in [3.63, 3.8) is 0 Å². The first-order valence-corrected chi connectivity index (χ1v) is 5.93. The number of aromatic nitrogens is 1. The predicted octanol–water partition coefficient (Wildman–Crippen LogP) is 1.18. The molecule has 0 saturated carbocycles. The van der Waals surface area contributed by atoms with E-state index in [1.54, 1.807) is 23.7 Å². The van der Waals surface area contributed by atoms with Crippen LogP contribution < -0.4 is 21.2 Å². The maximum Gasteiger partial charge on any atom is 0.255 e. The Morgan fingerprint density at radius 2 is 1.79 bits per heavy atom. The van der Waals surface area contributed by atoms with E-state index in [2.05, 4.69) is 5.43 Å². The Kier molecular flexibility index (Phi) is 2.41. The fourth-order valence-corrected chi connectivity index (χ4v) is 2.21. The van der Waals surface area contributed by atoms with E-state index >= 15 is 0 Å². The Labute approximate surface area is 109 Å². The van der Waals surface area contributed by atoms with E-state index in [0.29, 0.717) is 11.4 Å². The van der Waals surface area contributed by atoms with Gasteiger partial charge in [-0.1, -0.05) is 18.2 Å². The van der Waals surface area contributed by atoms with Gasteiger partial charge in [-0.25, -0.2) is 0 Å². The molecule has 2 aromatic carbocycles. The van der Waals surface area contributed by atoms with Crippen molar-refractivity contribution in [2.75, 3.05) is 24.4 Å². The van der Waals surface area contributed by atoms with Gasteiger partial charge in [0, 0.05) is 25.7 Å². The smallest absolute Gasteiger partial charge is 0.255 e. The lowest BCUT2D eigenvalue weighted by Crippen LogP contribution is -2.40. The maximum absolute atomic E-state index is 11.6. The third-order valence-corrected chi connectivity index (χ3v) is 3.16. The van der Waals surface area contributed by atoms with Gasteiger partial charge >= 0.3 is 0 Å². The standard InChI is InChI=1S/C14H13N3O2/c1-16(2)12-11(13(18)14(12)19)15-17-8-7-9-5-3-4-6-10(9)17/h3-8,15H,1-2H3. The average Bonchev–Trinajstić information content (AvgIpc) is 2.81. The zero-order chi connectivity index (χ0) is 13.6. The monoisotopic (exact) mass is 255 g/mol. The molecular weight excluding hydrogens is 242 g/mol. The van der Waals surface area contributed by atoms with Crippen molar-refractivity contribution in [2.24, 2.45) is 0 Å². The highest BCUT2D eigenvalue weighted by Crippen LogP contribution is 2.20. The largest absolute Gasteiger partial charge is 0.373 e. The first-order chi connectivity index (χ1) is 9.09. The lowest BCUT2D eigenvalue weighted by molar-refractivity contribution is 0.983. The Hall–Kier alpha value is -2.56. The molecule has 0 unspecified atom stereocenters. The number of fused-ring (bicyclic) bond motifs is 1. The van der Waals surface area contributed by atoms with Crippen LogP contribution in [0.5, 0.6) is 0 Å². The molecule has 0 aliphatic rings. The second kappa shape index (κ2) is 3.98. The minimum atomic E-state index is -0.471. The summed E-state index contributed by atoms with van der Waals surface area (Å²) in [6.07, 6.45) is 1.83. The summed E-state index contributed by atoms with van der Waals surface area (Å²) in [5.41, 5.74) is 3.81.